The second-order valence-electron chi connectivity index (χ2n) is 3.80. The lowest BCUT2D eigenvalue weighted by atomic mass is 10.2. The Bertz CT molecular complexity index is 396. The summed E-state index contributed by atoms with van der Waals surface area (Å²) < 4.78 is 25.6. The van der Waals surface area contributed by atoms with Gasteiger partial charge in [0, 0.05) is 18.2 Å². The quantitative estimate of drug-likeness (QED) is 0.825. The molecule has 1 aromatic rings. The van der Waals surface area contributed by atoms with Gasteiger partial charge >= 0.3 is 0 Å². The highest BCUT2D eigenvalue weighted by atomic mass is 19.2. The van der Waals surface area contributed by atoms with Crippen molar-refractivity contribution in [3.8, 4) is 0 Å². The third-order valence-electron chi connectivity index (χ3n) is 2.30. The Morgan fingerprint density at radius 3 is 2.65 bits per heavy atom. The van der Waals surface area contributed by atoms with Gasteiger partial charge in [-0.25, -0.2) is 8.78 Å². The van der Waals surface area contributed by atoms with Crippen molar-refractivity contribution in [1.29, 1.82) is 0 Å². The molecule has 2 N–H and O–H groups in total. The number of hydrogen-bond donors (Lipinski definition) is 2. The summed E-state index contributed by atoms with van der Waals surface area (Å²) in [5.41, 5.74) is 0.118. The maximum Gasteiger partial charge on any atom is 0.251 e. The van der Waals surface area contributed by atoms with Gasteiger partial charge in [-0.2, -0.15) is 0 Å². The summed E-state index contributed by atoms with van der Waals surface area (Å²) in [5, 5.41) is 5.76. The van der Waals surface area contributed by atoms with Crippen molar-refractivity contribution in [2.24, 2.45) is 0 Å². The third kappa shape index (κ3) is 4.11. The predicted octanol–water partition coefficient (Wildman–Crippen LogP) is 1.69. The van der Waals surface area contributed by atoms with Gasteiger partial charge in [-0.1, -0.05) is 6.92 Å². The lowest BCUT2D eigenvalue weighted by Crippen LogP contribution is -2.38. The topological polar surface area (TPSA) is 41.1 Å². The molecule has 94 valence electrons. The summed E-state index contributed by atoms with van der Waals surface area (Å²) in [6.45, 7) is 5.14. The van der Waals surface area contributed by atoms with Crippen LogP contribution in [0, 0.1) is 11.6 Å². The fraction of sp³-hybridized carbons (Fsp3) is 0.417. The molecular weight excluding hydrogens is 226 g/mol. The van der Waals surface area contributed by atoms with E-state index in [-0.39, 0.29) is 11.6 Å². The van der Waals surface area contributed by atoms with Crippen LogP contribution in [-0.4, -0.2) is 25.0 Å². The van der Waals surface area contributed by atoms with Gasteiger partial charge < -0.3 is 10.6 Å². The van der Waals surface area contributed by atoms with Crippen LogP contribution in [-0.2, 0) is 0 Å². The summed E-state index contributed by atoms with van der Waals surface area (Å²) in [4.78, 5) is 11.6. The number of hydrogen-bond acceptors (Lipinski definition) is 2. The highest BCUT2D eigenvalue weighted by Gasteiger charge is 2.10. The third-order valence-corrected chi connectivity index (χ3v) is 2.30. The molecule has 3 nitrogen and oxygen atoms in total. The summed E-state index contributed by atoms with van der Waals surface area (Å²) in [7, 11) is 0. The minimum absolute atomic E-state index is 0.118. The van der Waals surface area contributed by atoms with Crippen LogP contribution in [0.2, 0.25) is 0 Å². The number of nitrogens with one attached hydrogen (secondary N) is 2. The number of benzene rings is 1. The van der Waals surface area contributed by atoms with Crippen LogP contribution in [0.25, 0.3) is 0 Å². The Balaban J connectivity index is 2.55. The molecule has 1 atom stereocenters. The number of carbonyl (C=O) groups is 1. The molecule has 0 saturated heterocycles. The Kier molecular flexibility index (Phi) is 5.03. The van der Waals surface area contributed by atoms with E-state index >= 15 is 0 Å². The van der Waals surface area contributed by atoms with Gasteiger partial charge in [-0.15, -0.1) is 0 Å². The molecule has 1 amide bonds. The highest BCUT2D eigenvalue weighted by molar-refractivity contribution is 5.94. The minimum Gasteiger partial charge on any atom is -0.350 e. The van der Waals surface area contributed by atoms with Crippen LogP contribution < -0.4 is 10.6 Å². The van der Waals surface area contributed by atoms with Gasteiger partial charge in [0.2, 0.25) is 0 Å². The van der Waals surface area contributed by atoms with Crippen LogP contribution >= 0.6 is 0 Å². The van der Waals surface area contributed by atoms with E-state index in [0.29, 0.717) is 6.54 Å². The first-order valence-corrected chi connectivity index (χ1v) is 5.51. The van der Waals surface area contributed by atoms with Gasteiger partial charge in [0.15, 0.2) is 11.6 Å². The van der Waals surface area contributed by atoms with E-state index in [4.69, 9.17) is 0 Å². The number of rotatable bonds is 5. The molecule has 0 radical (unpaired) electrons. The van der Waals surface area contributed by atoms with Gasteiger partial charge in [0.25, 0.3) is 5.91 Å². The van der Waals surface area contributed by atoms with Crippen molar-refractivity contribution in [1.82, 2.24) is 10.6 Å². The molecule has 1 aromatic carbocycles. The Labute approximate surface area is 99.2 Å². The number of likely N-dealkylation sites (N-methyl/N-ethyl adjacent to an activating group) is 1. The molecule has 0 aliphatic heterocycles. The first-order valence-electron chi connectivity index (χ1n) is 5.51. The van der Waals surface area contributed by atoms with Gasteiger partial charge in [-0.05, 0) is 31.7 Å². The van der Waals surface area contributed by atoms with Gasteiger partial charge in [0.1, 0.15) is 0 Å². The van der Waals surface area contributed by atoms with E-state index < -0.39 is 17.5 Å². The van der Waals surface area contributed by atoms with Crippen molar-refractivity contribution < 1.29 is 13.6 Å². The summed E-state index contributed by atoms with van der Waals surface area (Å²) >= 11 is 0. The number of carbonyl (C=O) groups excluding carboxylic acids is 1. The summed E-state index contributed by atoms with van der Waals surface area (Å²) in [6.07, 6.45) is 0. The normalized spacial score (nSPS) is 12.2. The fourth-order valence-corrected chi connectivity index (χ4v) is 1.41. The molecular formula is C12H16F2N2O. The zero-order valence-corrected chi connectivity index (χ0v) is 9.89. The van der Waals surface area contributed by atoms with Crippen molar-refractivity contribution in [3.05, 3.63) is 35.4 Å². The monoisotopic (exact) mass is 242 g/mol. The molecule has 0 aliphatic rings. The second-order valence-corrected chi connectivity index (χ2v) is 3.80. The highest BCUT2D eigenvalue weighted by Crippen LogP contribution is 2.08. The zero-order valence-electron chi connectivity index (χ0n) is 9.89. The maximum atomic E-state index is 12.9. The van der Waals surface area contributed by atoms with E-state index in [0.717, 1.165) is 18.7 Å². The molecule has 0 aromatic heterocycles. The maximum absolute atomic E-state index is 12.9. The van der Waals surface area contributed by atoms with Crippen molar-refractivity contribution in [2.45, 2.75) is 19.9 Å². The van der Waals surface area contributed by atoms with Crippen molar-refractivity contribution >= 4 is 5.91 Å². The number of halogens is 2. The van der Waals surface area contributed by atoms with Crippen LogP contribution in [0.4, 0.5) is 8.78 Å². The van der Waals surface area contributed by atoms with Crippen molar-refractivity contribution in [2.75, 3.05) is 13.1 Å². The summed E-state index contributed by atoms with van der Waals surface area (Å²) in [6, 6.07) is 3.22. The van der Waals surface area contributed by atoms with E-state index in [1.165, 1.54) is 6.07 Å². The molecule has 1 rings (SSSR count). The average molecular weight is 242 g/mol. The lowest BCUT2D eigenvalue weighted by molar-refractivity contribution is 0.0949. The molecule has 0 unspecified atom stereocenters. The molecule has 17 heavy (non-hydrogen) atoms. The van der Waals surface area contributed by atoms with E-state index in [2.05, 4.69) is 10.6 Å². The smallest absolute Gasteiger partial charge is 0.251 e. The van der Waals surface area contributed by atoms with Crippen LogP contribution in [0.15, 0.2) is 18.2 Å². The second kappa shape index (κ2) is 6.30. The molecule has 0 aliphatic carbocycles. The Morgan fingerprint density at radius 1 is 1.35 bits per heavy atom. The van der Waals surface area contributed by atoms with Crippen LogP contribution in [0.5, 0.6) is 0 Å². The summed E-state index contributed by atoms with van der Waals surface area (Å²) in [5.74, 6) is -2.38. The van der Waals surface area contributed by atoms with Crippen molar-refractivity contribution in [3.63, 3.8) is 0 Å². The molecule has 5 heteroatoms. The molecule has 0 fully saturated rings. The van der Waals surface area contributed by atoms with Crippen LogP contribution in [0.1, 0.15) is 24.2 Å². The Hall–Kier alpha value is -1.49. The van der Waals surface area contributed by atoms with E-state index in [1.807, 2.05) is 13.8 Å². The van der Waals surface area contributed by atoms with E-state index in [9.17, 15) is 13.6 Å². The van der Waals surface area contributed by atoms with Gasteiger partial charge in [-0.3, -0.25) is 4.79 Å². The number of amides is 1. The average Bonchev–Trinajstić information content (AvgIpc) is 2.30. The standard InChI is InChI=1S/C12H16F2N2O/c1-3-15-8(2)7-16-12(17)9-4-5-10(13)11(14)6-9/h4-6,8,15H,3,7H2,1-2H3,(H,16,17)/t8-/m1/s1. The molecule has 0 bridgehead atoms. The minimum atomic E-state index is -1.02. The first-order chi connectivity index (χ1) is 8.04. The fourth-order valence-electron chi connectivity index (χ4n) is 1.41. The first kappa shape index (κ1) is 13.6. The molecule has 0 saturated carbocycles. The largest absolute Gasteiger partial charge is 0.350 e. The Morgan fingerprint density at radius 2 is 2.06 bits per heavy atom. The SMILES string of the molecule is CCN[C@H](C)CNC(=O)c1ccc(F)c(F)c1. The molecule has 0 spiro atoms. The predicted molar refractivity (Wildman–Crippen MR) is 61.8 cm³/mol. The van der Waals surface area contributed by atoms with E-state index in [1.54, 1.807) is 0 Å². The van der Waals surface area contributed by atoms with Crippen LogP contribution in [0.3, 0.4) is 0 Å². The zero-order chi connectivity index (χ0) is 12.8. The lowest BCUT2D eigenvalue weighted by Gasteiger charge is -2.13. The molecule has 0 heterocycles. The van der Waals surface area contributed by atoms with Gasteiger partial charge in [0.05, 0.1) is 0 Å².